The molecule has 0 fully saturated rings. The lowest BCUT2D eigenvalue weighted by Crippen LogP contribution is -2.30. The van der Waals surface area contributed by atoms with E-state index in [1.807, 2.05) is 12.3 Å². The Kier molecular flexibility index (Phi) is 3.62. The second kappa shape index (κ2) is 5.78. The third-order valence-electron chi connectivity index (χ3n) is 4.60. The summed E-state index contributed by atoms with van der Waals surface area (Å²) in [6.45, 7) is 7.20. The van der Waals surface area contributed by atoms with E-state index in [2.05, 4.69) is 53.0 Å². The molecule has 0 unspecified atom stereocenters. The Morgan fingerprint density at radius 3 is 2.96 bits per heavy atom. The molecular weight excluding hydrogens is 284 g/mol. The monoisotopic (exact) mass is 306 g/mol. The van der Waals surface area contributed by atoms with Crippen LogP contribution in [0.15, 0.2) is 36.5 Å². The molecule has 0 saturated heterocycles. The summed E-state index contributed by atoms with van der Waals surface area (Å²) in [5.41, 5.74) is 5.21. The van der Waals surface area contributed by atoms with Crippen molar-refractivity contribution in [2.75, 3.05) is 6.54 Å². The van der Waals surface area contributed by atoms with Crippen molar-refractivity contribution < 1.29 is 0 Å². The fourth-order valence-corrected chi connectivity index (χ4v) is 3.39. The zero-order valence-electron chi connectivity index (χ0n) is 13.7. The molecule has 0 amide bonds. The van der Waals surface area contributed by atoms with Gasteiger partial charge in [-0.15, -0.1) is 0 Å². The van der Waals surface area contributed by atoms with Crippen LogP contribution in [-0.2, 0) is 19.5 Å². The zero-order valence-corrected chi connectivity index (χ0v) is 13.7. The van der Waals surface area contributed by atoms with Crippen molar-refractivity contribution in [2.45, 2.75) is 39.3 Å². The first-order valence-electron chi connectivity index (χ1n) is 8.33. The smallest absolute Gasteiger partial charge is 0.131 e. The van der Waals surface area contributed by atoms with Crippen LogP contribution in [0, 0.1) is 0 Å². The molecule has 0 radical (unpaired) electrons. The largest absolute Gasteiger partial charge is 0.357 e. The van der Waals surface area contributed by atoms with Crippen LogP contribution >= 0.6 is 0 Å². The molecule has 0 aliphatic carbocycles. The van der Waals surface area contributed by atoms with E-state index in [0.717, 1.165) is 37.6 Å². The van der Waals surface area contributed by atoms with Crippen LogP contribution < -0.4 is 0 Å². The summed E-state index contributed by atoms with van der Waals surface area (Å²) in [4.78, 5) is 15.1. The van der Waals surface area contributed by atoms with E-state index in [0.29, 0.717) is 5.92 Å². The van der Waals surface area contributed by atoms with Gasteiger partial charge in [0, 0.05) is 48.3 Å². The Morgan fingerprint density at radius 1 is 1.22 bits per heavy atom. The Morgan fingerprint density at radius 2 is 2.09 bits per heavy atom. The van der Waals surface area contributed by atoms with E-state index < -0.39 is 0 Å². The number of aromatic amines is 1. The highest BCUT2D eigenvalue weighted by Crippen LogP contribution is 2.27. The van der Waals surface area contributed by atoms with Gasteiger partial charge in [0.15, 0.2) is 0 Å². The van der Waals surface area contributed by atoms with Crippen LogP contribution in [0.3, 0.4) is 0 Å². The van der Waals surface area contributed by atoms with Crippen LogP contribution in [0.5, 0.6) is 0 Å². The third-order valence-corrected chi connectivity index (χ3v) is 4.60. The van der Waals surface area contributed by atoms with E-state index in [1.165, 1.54) is 22.2 Å². The summed E-state index contributed by atoms with van der Waals surface area (Å²) in [7, 11) is 0. The average Bonchev–Trinajstić information content (AvgIpc) is 2.92. The molecule has 0 spiro atoms. The van der Waals surface area contributed by atoms with Gasteiger partial charge in [-0.3, -0.25) is 4.90 Å². The third kappa shape index (κ3) is 2.75. The molecular formula is C19H22N4. The van der Waals surface area contributed by atoms with Crippen molar-refractivity contribution in [1.29, 1.82) is 0 Å². The van der Waals surface area contributed by atoms with Gasteiger partial charge in [0.05, 0.1) is 5.69 Å². The fraction of sp³-hybridized carbons (Fsp3) is 0.368. The molecule has 1 aromatic carbocycles. The molecule has 3 aromatic rings. The minimum Gasteiger partial charge on any atom is -0.357 e. The molecule has 1 N–H and O–H groups in total. The first-order chi connectivity index (χ1) is 11.2. The Bertz CT molecular complexity index is 834. The van der Waals surface area contributed by atoms with Gasteiger partial charge in [0.1, 0.15) is 5.82 Å². The number of aromatic nitrogens is 3. The molecule has 4 nitrogen and oxygen atoms in total. The lowest BCUT2D eigenvalue weighted by atomic mass is 10.0. The van der Waals surface area contributed by atoms with Gasteiger partial charge in [-0.2, -0.15) is 0 Å². The van der Waals surface area contributed by atoms with E-state index in [4.69, 9.17) is 4.98 Å². The van der Waals surface area contributed by atoms with Crippen LogP contribution in [0.2, 0.25) is 0 Å². The van der Waals surface area contributed by atoms with Crippen LogP contribution in [0.1, 0.15) is 42.5 Å². The lowest BCUT2D eigenvalue weighted by Gasteiger charge is -2.26. The first-order valence-corrected chi connectivity index (χ1v) is 8.33. The summed E-state index contributed by atoms with van der Waals surface area (Å²) in [6.07, 6.45) is 2.98. The van der Waals surface area contributed by atoms with Gasteiger partial charge in [-0.1, -0.05) is 32.0 Å². The van der Waals surface area contributed by atoms with E-state index >= 15 is 0 Å². The maximum absolute atomic E-state index is 4.70. The number of benzene rings is 1. The van der Waals surface area contributed by atoms with Gasteiger partial charge in [0.2, 0.25) is 0 Å². The molecule has 3 heterocycles. The lowest BCUT2D eigenvalue weighted by molar-refractivity contribution is 0.240. The second-order valence-electron chi connectivity index (χ2n) is 6.65. The van der Waals surface area contributed by atoms with E-state index in [1.54, 1.807) is 0 Å². The summed E-state index contributed by atoms with van der Waals surface area (Å²) in [6, 6.07) is 10.6. The predicted molar refractivity (Wildman–Crippen MR) is 92.2 cm³/mol. The molecule has 0 bridgehead atoms. The highest BCUT2D eigenvalue weighted by atomic mass is 15.1. The summed E-state index contributed by atoms with van der Waals surface area (Å²) in [5.74, 6) is 1.31. The van der Waals surface area contributed by atoms with E-state index in [-0.39, 0.29) is 0 Å². The van der Waals surface area contributed by atoms with Crippen LogP contribution in [0.25, 0.3) is 10.9 Å². The number of fused-ring (bicyclic) bond motifs is 3. The molecule has 0 atom stereocenters. The molecule has 23 heavy (non-hydrogen) atoms. The number of nitrogens with zero attached hydrogens (tertiary/aromatic N) is 3. The number of nitrogens with one attached hydrogen (secondary N) is 1. The predicted octanol–water partition coefficient (Wildman–Crippen LogP) is 3.64. The minimum atomic E-state index is 0.372. The van der Waals surface area contributed by atoms with Gasteiger partial charge >= 0.3 is 0 Å². The highest BCUT2D eigenvalue weighted by molar-refractivity contribution is 5.84. The average molecular weight is 306 g/mol. The summed E-state index contributed by atoms with van der Waals surface area (Å²) < 4.78 is 0. The molecule has 1 aliphatic heterocycles. The van der Waals surface area contributed by atoms with Gasteiger partial charge in [-0.05, 0) is 24.1 Å². The molecule has 4 rings (SSSR count). The second-order valence-corrected chi connectivity index (χ2v) is 6.65. The van der Waals surface area contributed by atoms with Crippen molar-refractivity contribution in [3.05, 3.63) is 59.3 Å². The zero-order chi connectivity index (χ0) is 15.8. The standard InChI is InChI=1S/C19H22N4/c1-13(2)19-20-9-7-14(21-19)11-23-10-8-16-15-5-3-4-6-17(15)22-18(16)12-23/h3-7,9,13,22H,8,10-12H2,1-2H3. The molecule has 0 saturated carbocycles. The maximum Gasteiger partial charge on any atom is 0.131 e. The van der Waals surface area contributed by atoms with Crippen LogP contribution in [-0.4, -0.2) is 26.4 Å². The number of hydrogen-bond acceptors (Lipinski definition) is 3. The van der Waals surface area contributed by atoms with Crippen molar-refractivity contribution in [3.8, 4) is 0 Å². The topological polar surface area (TPSA) is 44.8 Å². The minimum absolute atomic E-state index is 0.372. The Labute approximate surface area is 136 Å². The highest BCUT2D eigenvalue weighted by Gasteiger charge is 2.20. The van der Waals surface area contributed by atoms with Crippen molar-refractivity contribution >= 4 is 10.9 Å². The van der Waals surface area contributed by atoms with Crippen molar-refractivity contribution in [2.24, 2.45) is 0 Å². The Balaban J connectivity index is 1.55. The van der Waals surface area contributed by atoms with Gasteiger partial charge in [0.25, 0.3) is 0 Å². The summed E-state index contributed by atoms with van der Waals surface area (Å²) in [5, 5.41) is 1.38. The molecule has 2 aromatic heterocycles. The van der Waals surface area contributed by atoms with Crippen molar-refractivity contribution in [1.82, 2.24) is 19.9 Å². The van der Waals surface area contributed by atoms with Crippen LogP contribution in [0.4, 0.5) is 0 Å². The first kappa shape index (κ1) is 14.4. The maximum atomic E-state index is 4.70. The number of para-hydroxylation sites is 1. The molecule has 118 valence electrons. The van der Waals surface area contributed by atoms with Crippen molar-refractivity contribution in [3.63, 3.8) is 0 Å². The number of H-pyrrole nitrogens is 1. The number of rotatable bonds is 3. The van der Waals surface area contributed by atoms with E-state index in [9.17, 15) is 0 Å². The molecule has 4 heteroatoms. The SMILES string of the molecule is CC(C)c1nccc(CN2CCc3c([nH]c4ccccc34)C2)n1. The quantitative estimate of drug-likeness (QED) is 0.803. The van der Waals surface area contributed by atoms with Gasteiger partial charge < -0.3 is 4.98 Å². The number of hydrogen-bond donors (Lipinski definition) is 1. The van der Waals surface area contributed by atoms with Gasteiger partial charge in [-0.25, -0.2) is 9.97 Å². The Hall–Kier alpha value is -2.20. The normalized spacial score (nSPS) is 15.3. The summed E-state index contributed by atoms with van der Waals surface area (Å²) >= 11 is 0. The molecule has 1 aliphatic rings. The fourth-order valence-electron chi connectivity index (χ4n) is 3.39.